The van der Waals surface area contributed by atoms with Crippen LogP contribution in [-0.4, -0.2) is 53.4 Å². The number of ether oxygens (including phenoxy) is 2. The molecule has 2 N–H and O–H groups in total. The third-order valence-corrected chi connectivity index (χ3v) is 6.57. The Labute approximate surface area is 239 Å². The van der Waals surface area contributed by atoms with Gasteiger partial charge in [0.15, 0.2) is 5.82 Å². The molecule has 42 heavy (non-hydrogen) atoms. The van der Waals surface area contributed by atoms with Crippen LogP contribution >= 0.6 is 0 Å². The minimum Gasteiger partial charge on any atom is -0.406 e. The van der Waals surface area contributed by atoms with Crippen molar-refractivity contribution < 1.29 is 31.8 Å². The van der Waals surface area contributed by atoms with Crippen LogP contribution in [0.5, 0.6) is 5.75 Å². The topological polar surface area (TPSA) is 88.6 Å². The number of halogens is 4. The Morgan fingerprint density at radius 2 is 1.74 bits per heavy atom. The van der Waals surface area contributed by atoms with E-state index in [1.54, 1.807) is 24.3 Å². The number of hydrogen-bond donors (Lipinski definition) is 2. The molecule has 0 atom stereocenters. The van der Waals surface area contributed by atoms with Crippen molar-refractivity contribution >= 4 is 23.2 Å². The van der Waals surface area contributed by atoms with Crippen LogP contribution in [0.4, 0.5) is 34.9 Å². The molecule has 0 saturated carbocycles. The molecule has 3 aromatic carbocycles. The van der Waals surface area contributed by atoms with Gasteiger partial charge in [-0.15, -0.1) is 13.2 Å². The predicted octanol–water partition coefficient (Wildman–Crippen LogP) is 6.32. The smallest absolute Gasteiger partial charge is 0.406 e. The molecular weight excluding hydrogens is 554 g/mol. The lowest BCUT2D eigenvalue weighted by molar-refractivity contribution is -0.274. The Kier molecular flexibility index (Phi) is 8.64. The number of rotatable bonds is 8. The molecule has 0 radical (unpaired) electrons. The van der Waals surface area contributed by atoms with Gasteiger partial charge in [-0.2, -0.15) is 0 Å². The Bertz CT molecular complexity index is 1540. The second-order valence-electron chi connectivity index (χ2n) is 9.66. The number of carbonyl (C=O) groups excluding carboxylic acids is 1. The van der Waals surface area contributed by atoms with Gasteiger partial charge in [0.2, 0.25) is 5.95 Å². The first-order chi connectivity index (χ1) is 20.1. The summed E-state index contributed by atoms with van der Waals surface area (Å²) in [5.41, 5.74) is 3.89. The third kappa shape index (κ3) is 7.59. The monoisotopic (exact) mass is 581 g/mol. The fourth-order valence-electron chi connectivity index (χ4n) is 4.39. The number of benzene rings is 3. The van der Waals surface area contributed by atoms with Gasteiger partial charge < -0.3 is 20.1 Å². The standard InChI is InChI=1S/C30H27F4N5O3/c1-19-2-3-20(18-39-12-14-41-15-13-39)16-26(19)37-28(40)22-4-8-23(9-5-22)36-29-35-17-25(31)27(38-29)21-6-10-24(11-7-21)42-30(32,33)34/h2-11,16-17H,12-15,18H2,1H3,(H,37,40)(H,35,36,38). The first-order valence-corrected chi connectivity index (χ1v) is 13.1. The Hall–Kier alpha value is -4.55. The Balaban J connectivity index is 1.23. The molecule has 1 fully saturated rings. The lowest BCUT2D eigenvalue weighted by Gasteiger charge is -2.26. The normalized spacial score (nSPS) is 13.9. The SMILES string of the molecule is Cc1ccc(CN2CCOCC2)cc1NC(=O)c1ccc(Nc2ncc(F)c(-c3ccc(OC(F)(F)F)cc3)n2)cc1. The van der Waals surface area contributed by atoms with Crippen LogP contribution in [0.1, 0.15) is 21.5 Å². The molecule has 1 aliphatic heterocycles. The molecule has 8 nitrogen and oxygen atoms in total. The number of carbonyl (C=O) groups is 1. The van der Waals surface area contributed by atoms with Crippen LogP contribution in [0.25, 0.3) is 11.3 Å². The first kappa shape index (κ1) is 29.0. The van der Waals surface area contributed by atoms with Crippen molar-refractivity contribution in [2.24, 2.45) is 0 Å². The summed E-state index contributed by atoms with van der Waals surface area (Å²) in [5, 5.41) is 5.93. The van der Waals surface area contributed by atoms with E-state index >= 15 is 0 Å². The van der Waals surface area contributed by atoms with Crippen molar-refractivity contribution in [2.45, 2.75) is 19.8 Å². The van der Waals surface area contributed by atoms with Gasteiger partial charge >= 0.3 is 6.36 Å². The molecule has 5 rings (SSSR count). The summed E-state index contributed by atoms with van der Waals surface area (Å²) in [5.74, 6) is -1.39. The summed E-state index contributed by atoms with van der Waals surface area (Å²) in [7, 11) is 0. The highest BCUT2D eigenvalue weighted by Gasteiger charge is 2.31. The van der Waals surface area contributed by atoms with E-state index in [0.717, 1.165) is 54.8 Å². The van der Waals surface area contributed by atoms with Crippen LogP contribution in [-0.2, 0) is 11.3 Å². The zero-order valence-corrected chi connectivity index (χ0v) is 22.5. The van der Waals surface area contributed by atoms with Crippen LogP contribution in [0.3, 0.4) is 0 Å². The number of aromatic nitrogens is 2. The van der Waals surface area contributed by atoms with E-state index in [1.807, 2.05) is 19.1 Å². The number of anilines is 3. The molecule has 12 heteroatoms. The highest BCUT2D eigenvalue weighted by molar-refractivity contribution is 6.04. The van der Waals surface area contributed by atoms with Crippen LogP contribution in [0.15, 0.2) is 72.9 Å². The van der Waals surface area contributed by atoms with Gasteiger partial charge in [0.25, 0.3) is 5.91 Å². The first-order valence-electron chi connectivity index (χ1n) is 13.1. The average Bonchev–Trinajstić information content (AvgIpc) is 2.96. The fraction of sp³-hybridized carbons (Fsp3) is 0.233. The van der Waals surface area contributed by atoms with Gasteiger partial charge in [0.1, 0.15) is 11.4 Å². The largest absolute Gasteiger partial charge is 0.573 e. The third-order valence-electron chi connectivity index (χ3n) is 6.57. The van der Waals surface area contributed by atoms with Crippen LogP contribution in [0.2, 0.25) is 0 Å². The quantitative estimate of drug-likeness (QED) is 0.236. The van der Waals surface area contributed by atoms with Crippen molar-refractivity contribution in [3.63, 3.8) is 0 Å². The van der Waals surface area contributed by atoms with E-state index in [2.05, 4.69) is 36.3 Å². The number of alkyl halides is 3. The predicted molar refractivity (Wildman–Crippen MR) is 149 cm³/mol. The van der Waals surface area contributed by atoms with Gasteiger partial charge in [-0.3, -0.25) is 9.69 Å². The molecule has 2 heterocycles. The summed E-state index contributed by atoms with van der Waals surface area (Å²) in [6, 6.07) is 17.3. The van der Waals surface area contributed by atoms with Gasteiger partial charge in [-0.05, 0) is 72.6 Å². The minimum atomic E-state index is -4.83. The highest BCUT2D eigenvalue weighted by Crippen LogP contribution is 2.28. The average molecular weight is 582 g/mol. The zero-order chi connectivity index (χ0) is 29.7. The van der Waals surface area contributed by atoms with E-state index in [9.17, 15) is 22.4 Å². The number of nitrogens with one attached hydrogen (secondary N) is 2. The molecule has 1 aromatic heterocycles. The van der Waals surface area contributed by atoms with E-state index in [1.165, 1.54) is 12.1 Å². The van der Waals surface area contributed by atoms with Crippen molar-refractivity contribution in [2.75, 3.05) is 36.9 Å². The Morgan fingerprint density at radius 3 is 2.43 bits per heavy atom. The molecule has 0 bridgehead atoms. The number of amides is 1. The van der Waals surface area contributed by atoms with Gasteiger partial charge in [0, 0.05) is 42.1 Å². The number of morpholine rings is 1. The molecule has 0 spiro atoms. The minimum absolute atomic E-state index is 0.0620. The molecule has 0 aliphatic carbocycles. The van der Waals surface area contributed by atoms with Crippen molar-refractivity contribution in [1.82, 2.24) is 14.9 Å². The highest BCUT2D eigenvalue weighted by atomic mass is 19.4. The van der Waals surface area contributed by atoms with Gasteiger partial charge in [-0.1, -0.05) is 12.1 Å². The van der Waals surface area contributed by atoms with Crippen molar-refractivity contribution in [1.29, 1.82) is 0 Å². The summed E-state index contributed by atoms with van der Waals surface area (Å²) >= 11 is 0. The zero-order valence-electron chi connectivity index (χ0n) is 22.5. The molecule has 1 aliphatic rings. The lowest BCUT2D eigenvalue weighted by Crippen LogP contribution is -2.35. The van der Waals surface area contributed by atoms with Gasteiger partial charge in [0.05, 0.1) is 19.4 Å². The van der Waals surface area contributed by atoms with Crippen LogP contribution < -0.4 is 15.4 Å². The van der Waals surface area contributed by atoms with Crippen LogP contribution in [0, 0.1) is 12.7 Å². The number of hydrogen-bond acceptors (Lipinski definition) is 7. The number of nitrogens with zero attached hydrogens (tertiary/aromatic N) is 3. The van der Waals surface area contributed by atoms with E-state index < -0.39 is 17.9 Å². The van der Waals surface area contributed by atoms with Gasteiger partial charge in [-0.25, -0.2) is 14.4 Å². The maximum absolute atomic E-state index is 14.4. The second kappa shape index (κ2) is 12.5. The molecule has 0 unspecified atom stereocenters. The van der Waals surface area contributed by atoms with E-state index in [-0.39, 0.29) is 23.1 Å². The molecule has 1 saturated heterocycles. The van der Waals surface area contributed by atoms with E-state index in [4.69, 9.17) is 4.74 Å². The van der Waals surface area contributed by atoms with E-state index in [0.29, 0.717) is 24.5 Å². The summed E-state index contributed by atoms with van der Waals surface area (Å²) in [6.07, 6.45) is -3.87. The fourth-order valence-corrected chi connectivity index (χ4v) is 4.39. The maximum atomic E-state index is 14.4. The summed E-state index contributed by atoms with van der Waals surface area (Å²) in [4.78, 5) is 23.4. The maximum Gasteiger partial charge on any atom is 0.573 e. The lowest BCUT2D eigenvalue weighted by atomic mass is 10.1. The van der Waals surface area contributed by atoms with Crippen molar-refractivity contribution in [3.8, 4) is 17.0 Å². The molecule has 4 aromatic rings. The summed E-state index contributed by atoms with van der Waals surface area (Å²) in [6.45, 7) is 5.88. The molecular formula is C30H27F4N5O3. The molecule has 1 amide bonds. The molecule has 218 valence electrons. The van der Waals surface area contributed by atoms with Crippen molar-refractivity contribution in [3.05, 3.63) is 95.4 Å². The number of aryl methyl sites for hydroxylation is 1. The second-order valence-corrected chi connectivity index (χ2v) is 9.66. The Morgan fingerprint density at radius 1 is 1.02 bits per heavy atom. The summed E-state index contributed by atoms with van der Waals surface area (Å²) < 4.78 is 61.0.